The Hall–Kier alpha value is -0.850. The van der Waals surface area contributed by atoms with Gasteiger partial charge >= 0.3 is 0 Å². The van der Waals surface area contributed by atoms with Crippen molar-refractivity contribution in [2.75, 3.05) is 0 Å². The van der Waals surface area contributed by atoms with Gasteiger partial charge in [0.05, 0.1) is 0 Å². The average molecular weight is 204 g/mol. The van der Waals surface area contributed by atoms with Crippen LogP contribution in [-0.2, 0) is 10.1 Å². The minimum absolute atomic E-state index is 0.442. The zero-order chi connectivity index (χ0) is 10.3. The van der Waals surface area contributed by atoms with E-state index < -0.39 is 20.9 Å². The van der Waals surface area contributed by atoms with Gasteiger partial charge in [-0.05, 0) is 12.2 Å². The summed E-state index contributed by atoms with van der Waals surface area (Å²) in [5, 5.41) is 0. The second-order valence-electron chi connectivity index (χ2n) is 3.12. The van der Waals surface area contributed by atoms with Gasteiger partial charge < -0.3 is 11.5 Å². The van der Waals surface area contributed by atoms with Crippen LogP contribution in [0.1, 0.15) is 6.92 Å². The third-order valence-electron chi connectivity index (χ3n) is 2.14. The Labute approximate surface area is 76.9 Å². The molecule has 0 bridgehead atoms. The summed E-state index contributed by atoms with van der Waals surface area (Å²) in [4.78, 5) is -1.75. The molecule has 0 amide bonds. The number of allylic oxidation sites excluding steroid dienone is 1. The molecular formula is C7H12N2O3S. The molecule has 74 valence electrons. The summed E-state index contributed by atoms with van der Waals surface area (Å²) in [6.07, 6.45) is 4.06. The van der Waals surface area contributed by atoms with E-state index in [1.54, 1.807) is 6.92 Å². The highest BCUT2D eigenvalue weighted by molar-refractivity contribution is 7.87. The largest absolute Gasteiger partial charge is 0.399 e. The molecule has 1 aliphatic carbocycles. The van der Waals surface area contributed by atoms with Crippen molar-refractivity contribution in [3.8, 4) is 0 Å². The monoisotopic (exact) mass is 204 g/mol. The Bertz CT molecular complexity index is 371. The van der Waals surface area contributed by atoms with Crippen LogP contribution >= 0.6 is 0 Å². The average Bonchev–Trinajstić information content (AvgIpc) is 1.95. The molecule has 0 aromatic carbocycles. The Morgan fingerprint density at radius 2 is 2.15 bits per heavy atom. The summed E-state index contributed by atoms with van der Waals surface area (Å²) in [7, 11) is -4.31. The van der Waals surface area contributed by atoms with Crippen molar-refractivity contribution in [1.29, 1.82) is 0 Å². The first-order valence-corrected chi connectivity index (χ1v) is 5.14. The number of hydrogen-bond acceptors (Lipinski definition) is 4. The van der Waals surface area contributed by atoms with E-state index in [2.05, 4.69) is 0 Å². The minimum Gasteiger partial charge on any atom is -0.399 e. The van der Waals surface area contributed by atoms with Crippen molar-refractivity contribution in [3.63, 3.8) is 0 Å². The Morgan fingerprint density at radius 3 is 2.54 bits per heavy atom. The van der Waals surface area contributed by atoms with Crippen LogP contribution < -0.4 is 11.5 Å². The van der Waals surface area contributed by atoms with Crippen LogP contribution in [0.3, 0.4) is 0 Å². The molecule has 2 unspecified atom stereocenters. The smallest absolute Gasteiger partial charge is 0.288 e. The van der Waals surface area contributed by atoms with E-state index in [0.29, 0.717) is 5.70 Å². The standard InChI is InChI=1S/C7H12N2O3S/c1-5-4-6(8)2-3-7(5,9)13(10,11)12/h2-5H,8-9H2,1H3,(H,10,11,12). The normalized spacial score (nSPS) is 34.4. The molecule has 0 heterocycles. The van der Waals surface area contributed by atoms with Gasteiger partial charge in [-0.2, -0.15) is 8.42 Å². The lowest BCUT2D eigenvalue weighted by molar-refractivity contribution is 0.417. The van der Waals surface area contributed by atoms with Crippen molar-refractivity contribution >= 4 is 10.1 Å². The fourth-order valence-electron chi connectivity index (χ4n) is 1.17. The van der Waals surface area contributed by atoms with Crippen LogP contribution in [0, 0.1) is 5.92 Å². The second-order valence-corrected chi connectivity index (χ2v) is 4.77. The van der Waals surface area contributed by atoms with Crippen molar-refractivity contribution in [2.24, 2.45) is 17.4 Å². The maximum absolute atomic E-state index is 10.9. The molecule has 0 fully saturated rings. The highest BCUT2D eigenvalue weighted by Crippen LogP contribution is 2.27. The van der Waals surface area contributed by atoms with Crippen LogP contribution in [0.25, 0.3) is 0 Å². The van der Waals surface area contributed by atoms with E-state index in [1.807, 2.05) is 0 Å². The van der Waals surface area contributed by atoms with Gasteiger partial charge in [-0.25, -0.2) is 0 Å². The van der Waals surface area contributed by atoms with E-state index >= 15 is 0 Å². The Morgan fingerprint density at radius 1 is 1.62 bits per heavy atom. The van der Waals surface area contributed by atoms with E-state index in [1.165, 1.54) is 18.2 Å². The molecule has 5 nitrogen and oxygen atoms in total. The maximum Gasteiger partial charge on any atom is 0.288 e. The van der Waals surface area contributed by atoms with Crippen LogP contribution in [0.4, 0.5) is 0 Å². The lowest BCUT2D eigenvalue weighted by Crippen LogP contribution is -2.51. The van der Waals surface area contributed by atoms with Crippen LogP contribution in [-0.4, -0.2) is 17.8 Å². The summed E-state index contributed by atoms with van der Waals surface area (Å²) in [6, 6.07) is 0. The Kier molecular flexibility index (Phi) is 2.23. The molecule has 5 N–H and O–H groups in total. The Balaban J connectivity index is 3.18. The topological polar surface area (TPSA) is 106 Å². The van der Waals surface area contributed by atoms with Gasteiger partial charge in [-0.15, -0.1) is 0 Å². The molecule has 13 heavy (non-hydrogen) atoms. The SMILES string of the molecule is CC1C=C(N)C=CC1(N)S(=O)(=O)O. The first kappa shape index (κ1) is 10.2. The predicted octanol–water partition coefficient (Wildman–Crippen LogP) is -0.422. The van der Waals surface area contributed by atoms with Crippen molar-refractivity contribution in [2.45, 2.75) is 11.8 Å². The molecule has 0 saturated heterocycles. The highest BCUT2D eigenvalue weighted by atomic mass is 32.2. The summed E-state index contributed by atoms with van der Waals surface area (Å²) in [5.41, 5.74) is 11.4. The number of nitrogens with two attached hydrogens (primary N) is 2. The zero-order valence-corrected chi connectivity index (χ0v) is 7.95. The van der Waals surface area contributed by atoms with Gasteiger partial charge in [-0.3, -0.25) is 4.55 Å². The fraction of sp³-hybridized carbons (Fsp3) is 0.429. The van der Waals surface area contributed by atoms with Crippen molar-refractivity contribution < 1.29 is 13.0 Å². The molecule has 2 atom stereocenters. The van der Waals surface area contributed by atoms with Crippen molar-refractivity contribution in [1.82, 2.24) is 0 Å². The summed E-state index contributed by atoms with van der Waals surface area (Å²) < 4.78 is 30.8. The molecule has 0 spiro atoms. The van der Waals surface area contributed by atoms with Crippen LogP contribution in [0.15, 0.2) is 23.9 Å². The summed E-state index contributed by atoms with van der Waals surface area (Å²) in [5.74, 6) is -0.549. The predicted molar refractivity (Wildman–Crippen MR) is 49.0 cm³/mol. The van der Waals surface area contributed by atoms with E-state index in [9.17, 15) is 8.42 Å². The van der Waals surface area contributed by atoms with Crippen LogP contribution in [0.2, 0.25) is 0 Å². The van der Waals surface area contributed by atoms with Gasteiger partial charge in [0.2, 0.25) is 0 Å². The molecular weight excluding hydrogens is 192 g/mol. The molecule has 6 heteroatoms. The third-order valence-corrected chi connectivity index (χ3v) is 3.54. The second kappa shape index (κ2) is 2.83. The molecule has 0 radical (unpaired) electrons. The van der Waals surface area contributed by atoms with Gasteiger partial charge in [0, 0.05) is 11.6 Å². The van der Waals surface area contributed by atoms with Crippen LogP contribution in [0.5, 0.6) is 0 Å². The fourth-order valence-corrected chi connectivity index (χ4v) is 1.95. The van der Waals surface area contributed by atoms with Gasteiger partial charge in [0.1, 0.15) is 0 Å². The molecule has 1 aliphatic rings. The summed E-state index contributed by atoms with van der Waals surface area (Å²) >= 11 is 0. The first-order valence-electron chi connectivity index (χ1n) is 3.70. The van der Waals surface area contributed by atoms with E-state index in [0.717, 1.165) is 0 Å². The van der Waals surface area contributed by atoms with Gasteiger partial charge in [0.15, 0.2) is 4.87 Å². The molecule has 1 rings (SSSR count). The molecule has 0 aliphatic heterocycles. The van der Waals surface area contributed by atoms with Gasteiger partial charge in [-0.1, -0.05) is 13.0 Å². The van der Waals surface area contributed by atoms with E-state index in [4.69, 9.17) is 16.0 Å². The zero-order valence-electron chi connectivity index (χ0n) is 7.14. The quantitative estimate of drug-likeness (QED) is 0.503. The lowest BCUT2D eigenvalue weighted by atomic mass is 9.96. The third kappa shape index (κ3) is 1.60. The highest BCUT2D eigenvalue weighted by Gasteiger charge is 2.42. The summed E-state index contributed by atoms with van der Waals surface area (Å²) in [6.45, 7) is 1.57. The molecule has 0 aromatic rings. The van der Waals surface area contributed by atoms with E-state index in [-0.39, 0.29) is 0 Å². The molecule has 0 aromatic heterocycles. The van der Waals surface area contributed by atoms with Gasteiger partial charge in [0.25, 0.3) is 10.1 Å². The first-order chi connectivity index (χ1) is 5.77. The van der Waals surface area contributed by atoms with Crippen molar-refractivity contribution in [3.05, 3.63) is 23.9 Å². The lowest BCUT2D eigenvalue weighted by Gasteiger charge is -2.29. The molecule has 0 saturated carbocycles. The number of rotatable bonds is 1. The maximum atomic E-state index is 10.9. The minimum atomic E-state index is -4.31. The number of hydrogen-bond donors (Lipinski definition) is 3.